The zero-order valence-electron chi connectivity index (χ0n) is 9.57. The molecule has 0 aliphatic carbocycles. The SMILES string of the molecule is C=CCl.C=COC(=O)CC.C=COC(C)=O. The Morgan fingerprint density at radius 3 is 1.62 bits per heavy atom. The lowest BCUT2D eigenvalue weighted by molar-refractivity contribution is -0.137. The van der Waals surface area contributed by atoms with Crippen molar-refractivity contribution < 1.29 is 19.1 Å². The van der Waals surface area contributed by atoms with E-state index < -0.39 is 0 Å². The van der Waals surface area contributed by atoms with Crippen LogP contribution in [0.1, 0.15) is 20.3 Å². The second-order valence-corrected chi connectivity index (χ2v) is 2.25. The van der Waals surface area contributed by atoms with Crippen LogP contribution in [0, 0.1) is 0 Å². The predicted octanol–water partition coefficient (Wildman–Crippen LogP) is 3.14. The van der Waals surface area contributed by atoms with Crippen molar-refractivity contribution in [2.75, 3.05) is 0 Å². The summed E-state index contributed by atoms with van der Waals surface area (Å²) in [4.78, 5) is 19.9. The number of ether oxygens (including phenoxy) is 2. The molecule has 0 atom stereocenters. The molecule has 5 heteroatoms. The van der Waals surface area contributed by atoms with Crippen molar-refractivity contribution in [3.63, 3.8) is 0 Å². The van der Waals surface area contributed by atoms with Crippen molar-refractivity contribution in [1.29, 1.82) is 0 Å². The van der Waals surface area contributed by atoms with E-state index in [0.717, 1.165) is 12.5 Å². The predicted molar refractivity (Wildman–Crippen MR) is 64.6 cm³/mol. The van der Waals surface area contributed by atoms with Crippen LogP contribution in [0.2, 0.25) is 0 Å². The molecule has 0 aromatic rings. The van der Waals surface area contributed by atoms with Crippen molar-refractivity contribution in [2.45, 2.75) is 20.3 Å². The highest BCUT2D eigenvalue weighted by Crippen LogP contribution is 1.81. The number of carbonyl (C=O) groups excluding carboxylic acids is 2. The quantitative estimate of drug-likeness (QED) is 0.569. The normalized spacial score (nSPS) is 6.69. The third-order valence-corrected chi connectivity index (χ3v) is 0.753. The summed E-state index contributed by atoms with van der Waals surface area (Å²) < 4.78 is 8.48. The molecule has 92 valence electrons. The minimum absolute atomic E-state index is 0.241. The average Bonchev–Trinajstić information content (AvgIpc) is 2.20. The van der Waals surface area contributed by atoms with Crippen LogP contribution < -0.4 is 0 Å². The largest absolute Gasteiger partial charge is 0.435 e. The number of hydrogen-bond donors (Lipinski definition) is 0. The first-order valence-electron chi connectivity index (χ1n) is 4.29. The third-order valence-electron chi connectivity index (χ3n) is 0.753. The van der Waals surface area contributed by atoms with Crippen LogP contribution in [0.3, 0.4) is 0 Å². The lowest BCUT2D eigenvalue weighted by atomic mass is 10.5. The Kier molecular flexibility index (Phi) is 23.8. The highest BCUT2D eigenvalue weighted by Gasteiger charge is 1.89. The van der Waals surface area contributed by atoms with Crippen molar-refractivity contribution >= 4 is 23.5 Å². The zero-order valence-corrected chi connectivity index (χ0v) is 10.3. The molecule has 0 rings (SSSR count). The van der Waals surface area contributed by atoms with Crippen LogP contribution in [0.4, 0.5) is 0 Å². The molecule has 0 radical (unpaired) electrons. The minimum atomic E-state index is -0.329. The first-order valence-corrected chi connectivity index (χ1v) is 4.73. The Balaban J connectivity index is -0.000000172. The number of hydrogen-bond acceptors (Lipinski definition) is 4. The fourth-order valence-corrected chi connectivity index (χ4v) is 0.294. The van der Waals surface area contributed by atoms with Gasteiger partial charge in [0.15, 0.2) is 0 Å². The van der Waals surface area contributed by atoms with Gasteiger partial charge in [0.05, 0.1) is 12.5 Å². The Morgan fingerprint density at radius 1 is 1.19 bits per heavy atom. The van der Waals surface area contributed by atoms with Gasteiger partial charge in [-0.25, -0.2) is 0 Å². The highest BCUT2D eigenvalue weighted by molar-refractivity contribution is 6.25. The second-order valence-electron chi connectivity index (χ2n) is 1.94. The summed E-state index contributed by atoms with van der Waals surface area (Å²) in [6.07, 6.45) is 2.64. The van der Waals surface area contributed by atoms with E-state index in [4.69, 9.17) is 11.6 Å². The fourth-order valence-electron chi connectivity index (χ4n) is 0.294. The maximum absolute atomic E-state index is 10.1. The number of carbonyl (C=O) groups is 2. The summed E-state index contributed by atoms with van der Waals surface area (Å²) in [5, 5.41) is 0. The smallest absolute Gasteiger partial charge is 0.310 e. The molecule has 0 amide bonds. The first kappa shape index (κ1) is 19.9. The molecular weight excluding hydrogens is 232 g/mol. The van der Waals surface area contributed by atoms with Gasteiger partial charge in [-0.05, 0) is 5.54 Å². The van der Waals surface area contributed by atoms with E-state index in [1.807, 2.05) is 0 Å². The molecule has 0 spiro atoms. The number of halogens is 1. The van der Waals surface area contributed by atoms with Gasteiger partial charge in [0.1, 0.15) is 0 Å². The summed E-state index contributed by atoms with van der Waals surface area (Å²) in [7, 11) is 0. The summed E-state index contributed by atoms with van der Waals surface area (Å²) in [6, 6.07) is 0. The first-order chi connectivity index (χ1) is 7.49. The molecule has 0 saturated carbocycles. The summed E-state index contributed by atoms with van der Waals surface area (Å²) in [5.41, 5.74) is 1.22. The van der Waals surface area contributed by atoms with Crippen LogP contribution in [0.5, 0.6) is 0 Å². The van der Waals surface area contributed by atoms with Gasteiger partial charge in [0, 0.05) is 13.3 Å². The Labute approximate surface area is 101 Å². The van der Waals surface area contributed by atoms with Gasteiger partial charge < -0.3 is 9.47 Å². The van der Waals surface area contributed by atoms with Crippen LogP contribution in [-0.2, 0) is 19.1 Å². The standard InChI is InChI=1S/C5H8O2.C4H6O2.C2H3Cl/c1-3-5(6)7-4-2;1-3-6-4(2)5;1-2-3/h4H,2-3H2,1H3;3H,1H2,2H3;2H,1H2. The highest BCUT2D eigenvalue weighted by atomic mass is 35.5. The molecular formula is C11H17ClO4. The Hall–Kier alpha value is -1.55. The Bertz CT molecular complexity index is 224. The maximum atomic E-state index is 10.1. The summed E-state index contributed by atoms with van der Waals surface area (Å²) in [5.74, 6) is -0.569. The maximum Gasteiger partial charge on any atom is 0.310 e. The molecule has 4 nitrogen and oxygen atoms in total. The average molecular weight is 249 g/mol. The van der Waals surface area contributed by atoms with Crippen LogP contribution >= 0.6 is 11.6 Å². The van der Waals surface area contributed by atoms with Crippen molar-refractivity contribution in [3.05, 3.63) is 37.8 Å². The van der Waals surface area contributed by atoms with E-state index in [0.29, 0.717) is 6.42 Å². The summed E-state index contributed by atoms with van der Waals surface area (Å²) >= 11 is 4.76. The topological polar surface area (TPSA) is 52.6 Å². The van der Waals surface area contributed by atoms with Crippen molar-refractivity contribution in [1.82, 2.24) is 0 Å². The van der Waals surface area contributed by atoms with Gasteiger partial charge in [-0.1, -0.05) is 38.3 Å². The zero-order chi connectivity index (χ0) is 13.4. The molecule has 0 saturated heterocycles. The molecule has 0 bridgehead atoms. The van der Waals surface area contributed by atoms with Gasteiger partial charge >= 0.3 is 11.9 Å². The van der Waals surface area contributed by atoms with Crippen molar-refractivity contribution in [3.8, 4) is 0 Å². The van der Waals surface area contributed by atoms with E-state index in [1.165, 1.54) is 12.5 Å². The molecule has 0 heterocycles. The molecule has 0 aliphatic rings. The molecule has 0 unspecified atom stereocenters. The molecule has 0 aliphatic heterocycles. The van der Waals surface area contributed by atoms with Gasteiger partial charge in [-0.15, -0.1) is 0 Å². The third kappa shape index (κ3) is 39.2. The lowest BCUT2D eigenvalue weighted by Gasteiger charge is -1.88. The molecule has 0 aromatic carbocycles. The van der Waals surface area contributed by atoms with Crippen LogP contribution in [-0.4, -0.2) is 11.9 Å². The van der Waals surface area contributed by atoms with E-state index in [1.54, 1.807) is 6.92 Å². The van der Waals surface area contributed by atoms with Crippen LogP contribution in [0.25, 0.3) is 0 Å². The molecule has 16 heavy (non-hydrogen) atoms. The van der Waals surface area contributed by atoms with Gasteiger partial charge in [-0.3, -0.25) is 9.59 Å². The van der Waals surface area contributed by atoms with E-state index in [9.17, 15) is 9.59 Å². The monoisotopic (exact) mass is 248 g/mol. The number of esters is 2. The van der Waals surface area contributed by atoms with Crippen LogP contribution in [0.15, 0.2) is 37.8 Å². The second kappa shape index (κ2) is 19.1. The summed E-state index contributed by atoms with van der Waals surface area (Å²) in [6.45, 7) is 12.5. The van der Waals surface area contributed by atoms with E-state index in [-0.39, 0.29) is 11.9 Å². The minimum Gasteiger partial charge on any atom is -0.435 e. The van der Waals surface area contributed by atoms with E-state index >= 15 is 0 Å². The lowest BCUT2D eigenvalue weighted by Crippen LogP contribution is -1.94. The van der Waals surface area contributed by atoms with E-state index in [2.05, 4.69) is 29.2 Å². The molecule has 0 N–H and O–H groups in total. The van der Waals surface area contributed by atoms with Gasteiger partial charge in [0.2, 0.25) is 0 Å². The number of rotatable bonds is 3. The fraction of sp³-hybridized carbons (Fsp3) is 0.273. The van der Waals surface area contributed by atoms with Gasteiger partial charge in [-0.2, -0.15) is 0 Å². The Morgan fingerprint density at radius 2 is 1.56 bits per heavy atom. The molecule has 0 fully saturated rings. The molecule has 0 aromatic heterocycles. The van der Waals surface area contributed by atoms with Crippen molar-refractivity contribution in [2.24, 2.45) is 0 Å². The van der Waals surface area contributed by atoms with Gasteiger partial charge in [0.25, 0.3) is 0 Å².